The summed E-state index contributed by atoms with van der Waals surface area (Å²) in [5.41, 5.74) is 5.52. The summed E-state index contributed by atoms with van der Waals surface area (Å²) in [5.74, 6) is -3.46. The molecule has 0 aromatic heterocycles. The van der Waals surface area contributed by atoms with Gasteiger partial charge in [-0.25, -0.2) is 4.79 Å². The van der Waals surface area contributed by atoms with E-state index in [9.17, 15) is 19.2 Å². The fourth-order valence-electron chi connectivity index (χ4n) is 2.95. The Morgan fingerprint density at radius 2 is 1.46 bits per heavy atom. The first kappa shape index (κ1) is 22.3. The predicted octanol–water partition coefficient (Wildman–Crippen LogP) is 2.66. The predicted molar refractivity (Wildman–Crippen MR) is 96.6 cm³/mol. The molecule has 1 saturated heterocycles. The van der Waals surface area contributed by atoms with Crippen LogP contribution < -0.4 is 5.73 Å². The Bertz CT molecular complexity index is 476. The first-order chi connectivity index (χ1) is 12.5. The molecule has 1 heterocycles. The topological polar surface area (TPSA) is 107 Å². The zero-order valence-corrected chi connectivity index (χ0v) is 15.8. The number of amides is 2. The van der Waals surface area contributed by atoms with Crippen molar-refractivity contribution in [3.05, 3.63) is 0 Å². The lowest BCUT2D eigenvalue weighted by Gasteiger charge is -2.17. The molecule has 1 rings (SSSR count). The molecule has 2 amide bonds. The van der Waals surface area contributed by atoms with Crippen LogP contribution in [0.25, 0.3) is 0 Å². The number of hydrogen-bond acceptors (Lipinski definition) is 6. The van der Waals surface area contributed by atoms with Gasteiger partial charge in [-0.1, -0.05) is 58.3 Å². The van der Waals surface area contributed by atoms with Crippen molar-refractivity contribution in [3.8, 4) is 0 Å². The number of carbonyl (C=O) groups excluding carboxylic acids is 4. The molecule has 2 N–H and O–H groups in total. The van der Waals surface area contributed by atoms with Crippen LogP contribution in [-0.4, -0.2) is 35.2 Å². The van der Waals surface area contributed by atoms with Crippen LogP contribution in [0, 0.1) is 5.92 Å². The summed E-state index contributed by atoms with van der Waals surface area (Å²) in [6.45, 7) is 2.01. The summed E-state index contributed by atoms with van der Waals surface area (Å²) in [6, 6.07) is 0. The van der Waals surface area contributed by atoms with Crippen molar-refractivity contribution in [3.63, 3.8) is 0 Å². The number of imide groups is 1. The minimum Gasteiger partial charge on any atom is -0.329 e. The average Bonchev–Trinajstić information content (AvgIpc) is 2.93. The molecule has 0 saturated carbocycles. The largest absolute Gasteiger partial charge is 0.344 e. The number of unbranched alkanes of at least 4 members (excludes halogenated alkanes) is 8. The van der Waals surface area contributed by atoms with Crippen molar-refractivity contribution in [1.29, 1.82) is 0 Å². The molecule has 1 atom stereocenters. The molecule has 0 aliphatic carbocycles. The van der Waals surface area contributed by atoms with Gasteiger partial charge in [0, 0.05) is 25.8 Å². The maximum absolute atomic E-state index is 12.2. The highest BCUT2D eigenvalue weighted by molar-refractivity contribution is 6.04. The molecule has 1 fully saturated rings. The number of nitrogens with two attached hydrogens (primary N) is 1. The summed E-state index contributed by atoms with van der Waals surface area (Å²) in [4.78, 5) is 52.0. The van der Waals surface area contributed by atoms with Gasteiger partial charge < -0.3 is 10.6 Å². The third-order valence-electron chi connectivity index (χ3n) is 4.62. The van der Waals surface area contributed by atoms with Gasteiger partial charge in [-0.05, 0) is 6.42 Å². The first-order valence-corrected chi connectivity index (χ1v) is 9.81. The number of ketones is 1. The van der Waals surface area contributed by atoms with Gasteiger partial charge in [0.25, 0.3) is 11.8 Å². The second-order valence-corrected chi connectivity index (χ2v) is 6.83. The summed E-state index contributed by atoms with van der Waals surface area (Å²) in [6.07, 6.45) is 10.5. The molecule has 1 aliphatic rings. The van der Waals surface area contributed by atoms with Crippen LogP contribution in [-0.2, 0) is 24.0 Å². The number of carbonyl (C=O) groups is 4. The van der Waals surface area contributed by atoms with Gasteiger partial charge in [0.05, 0.1) is 0 Å². The van der Waals surface area contributed by atoms with Crippen LogP contribution in [0.4, 0.5) is 0 Å². The number of rotatable bonds is 14. The van der Waals surface area contributed by atoms with Gasteiger partial charge in [-0.15, -0.1) is 5.06 Å². The van der Waals surface area contributed by atoms with Crippen molar-refractivity contribution < 1.29 is 24.0 Å². The second-order valence-electron chi connectivity index (χ2n) is 6.83. The van der Waals surface area contributed by atoms with Crippen molar-refractivity contribution in [1.82, 2.24) is 5.06 Å². The molecule has 1 aliphatic heterocycles. The van der Waals surface area contributed by atoms with Gasteiger partial charge in [0.1, 0.15) is 11.7 Å². The molecule has 7 nitrogen and oxygen atoms in total. The standard InChI is InChI=1S/C19H32N2O5/c1-2-3-4-5-6-7-8-9-10-11-16(22)15(14-20)19(25)26-21-17(23)12-13-18(21)24/h15H,2-14,20H2,1H3. The van der Waals surface area contributed by atoms with Gasteiger partial charge in [-0.3, -0.25) is 14.4 Å². The van der Waals surface area contributed by atoms with Crippen LogP contribution in [0.1, 0.15) is 84.0 Å². The highest BCUT2D eigenvalue weighted by atomic mass is 16.7. The minimum atomic E-state index is -1.12. The zero-order chi connectivity index (χ0) is 19.4. The van der Waals surface area contributed by atoms with E-state index >= 15 is 0 Å². The van der Waals surface area contributed by atoms with Crippen LogP contribution >= 0.6 is 0 Å². The summed E-state index contributed by atoms with van der Waals surface area (Å²) < 4.78 is 0. The molecule has 0 aromatic carbocycles. The molecule has 0 bridgehead atoms. The average molecular weight is 368 g/mol. The van der Waals surface area contributed by atoms with Crippen molar-refractivity contribution in [2.45, 2.75) is 84.0 Å². The normalized spacial score (nSPS) is 15.4. The Morgan fingerprint density at radius 1 is 0.962 bits per heavy atom. The van der Waals surface area contributed by atoms with Crippen molar-refractivity contribution in [2.75, 3.05) is 6.54 Å². The molecule has 1 unspecified atom stereocenters. The molecule has 7 heteroatoms. The lowest BCUT2D eigenvalue weighted by atomic mass is 9.98. The molecule has 0 spiro atoms. The molecule has 26 heavy (non-hydrogen) atoms. The Morgan fingerprint density at radius 3 is 1.96 bits per heavy atom. The fourth-order valence-corrected chi connectivity index (χ4v) is 2.95. The minimum absolute atomic E-state index is 0.0196. The third kappa shape index (κ3) is 7.64. The smallest absolute Gasteiger partial charge is 0.329 e. The lowest BCUT2D eigenvalue weighted by Crippen LogP contribution is -2.39. The number of hydroxylamine groups is 2. The van der Waals surface area contributed by atoms with Crippen LogP contribution in [0.3, 0.4) is 0 Å². The SMILES string of the molecule is CCCCCCCCCCCC(=O)C(CN)C(=O)ON1C(=O)CCC1=O. The van der Waals surface area contributed by atoms with Gasteiger partial charge in [0.2, 0.25) is 0 Å². The van der Waals surface area contributed by atoms with Crippen LogP contribution in [0.2, 0.25) is 0 Å². The monoisotopic (exact) mass is 368 g/mol. The van der Waals surface area contributed by atoms with E-state index in [1.54, 1.807) is 0 Å². The van der Waals surface area contributed by atoms with E-state index in [1.165, 1.54) is 38.5 Å². The van der Waals surface area contributed by atoms with Crippen LogP contribution in [0.5, 0.6) is 0 Å². The summed E-state index contributed by atoms with van der Waals surface area (Å²) >= 11 is 0. The molecule has 0 radical (unpaired) electrons. The summed E-state index contributed by atoms with van der Waals surface area (Å²) in [7, 11) is 0. The second kappa shape index (κ2) is 12.6. The van der Waals surface area contributed by atoms with E-state index in [4.69, 9.17) is 10.6 Å². The summed E-state index contributed by atoms with van der Waals surface area (Å²) in [5, 5.41) is 0.455. The van der Waals surface area contributed by atoms with E-state index in [2.05, 4.69) is 6.92 Å². The van der Waals surface area contributed by atoms with E-state index in [0.29, 0.717) is 11.5 Å². The zero-order valence-electron chi connectivity index (χ0n) is 15.8. The maximum Gasteiger partial charge on any atom is 0.344 e. The van der Waals surface area contributed by atoms with E-state index in [-0.39, 0.29) is 31.6 Å². The molecule has 0 aromatic rings. The van der Waals surface area contributed by atoms with Crippen LogP contribution in [0.15, 0.2) is 0 Å². The molecule has 148 valence electrons. The highest BCUT2D eigenvalue weighted by Crippen LogP contribution is 2.16. The quantitative estimate of drug-likeness (QED) is 0.287. The molecular weight excluding hydrogens is 336 g/mol. The van der Waals surface area contributed by atoms with E-state index < -0.39 is 23.7 Å². The van der Waals surface area contributed by atoms with Gasteiger partial charge in [0.15, 0.2) is 0 Å². The van der Waals surface area contributed by atoms with Crippen molar-refractivity contribution in [2.24, 2.45) is 11.7 Å². The van der Waals surface area contributed by atoms with Crippen molar-refractivity contribution >= 4 is 23.6 Å². The molecular formula is C19H32N2O5. The number of nitrogens with zero attached hydrogens (tertiary/aromatic N) is 1. The maximum atomic E-state index is 12.2. The lowest BCUT2D eigenvalue weighted by molar-refractivity contribution is -0.200. The fraction of sp³-hybridized carbons (Fsp3) is 0.789. The number of hydrogen-bond donors (Lipinski definition) is 1. The van der Waals surface area contributed by atoms with Gasteiger partial charge in [-0.2, -0.15) is 0 Å². The Hall–Kier alpha value is -1.76. The number of Topliss-reactive ketones (excluding diaryl/α,β-unsaturated/α-hetero) is 1. The Balaban J connectivity index is 2.23. The Labute approximate surface area is 155 Å². The first-order valence-electron chi connectivity index (χ1n) is 9.81. The highest BCUT2D eigenvalue weighted by Gasteiger charge is 2.36. The van der Waals surface area contributed by atoms with E-state index in [0.717, 1.165) is 12.8 Å². The third-order valence-corrected chi connectivity index (χ3v) is 4.62. The van der Waals surface area contributed by atoms with E-state index in [1.807, 2.05) is 0 Å². The van der Waals surface area contributed by atoms with Gasteiger partial charge >= 0.3 is 5.97 Å². The Kier molecular flexibility index (Phi) is 10.8.